The van der Waals surface area contributed by atoms with Crippen LogP contribution in [0.4, 0.5) is 22.0 Å². The van der Waals surface area contributed by atoms with Crippen molar-refractivity contribution in [2.24, 2.45) is 4.66 Å². The van der Waals surface area contributed by atoms with Crippen LogP contribution in [0.5, 0.6) is 0 Å². The Labute approximate surface area is 146 Å². The van der Waals surface area contributed by atoms with Gasteiger partial charge in [-0.1, -0.05) is 45.1 Å². The van der Waals surface area contributed by atoms with Gasteiger partial charge in [-0.2, -0.15) is 0 Å². The molecule has 0 unspecified atom stereocenters. The average Bonchev–Trinajstić information content (AvgIpc) is 2.30. The predicted molar refractivity (Wildman–Crippen MR) is 82.8 cm³/mol. The Bertz CT molecular complexity index is 595. The Balaban J connectivity index is 0.00000484. The van der Waals surface area contributed by atoms with Crippen molar-refractivity contribution >= 4 is 22.3 Å². The third kappa shape index (κ3) is 5.74. The Morgan fingerprint density at radius 3 is 1.39 bits per heavy atom. The Kier molecular flexibility index (Phi) is 7.30. The van der Waals surface area contributed by atoms with Gasteiger partial charge >= 0.3 is 18.9 Å². The van der Waals surface area contributed by atoms with Crippen molar-refractivity contribution < 1.29 is 40.8 Å². The van der Waals surface area contributed by atoms with Gasteiger partial charge in [-0.05, 0) is 0 Å². The first-order chi connectivity index (χ1) is 9.74. The molecule has 0 saturated carbocycles. The minimum Gasteiger partial charge on any atom is -0.472 e. The molecule has 0 atom stereocenters. The summed E-state index contributed by atoms with van der Waals surface area (Å²) in [5.74, 6) is -10.3. The number of halogens is 5. The van der Waals surface area contributed by atoms with Gasteiger partial charge in [0, 0.05) is 16.5 Å². The molecule has 23 heavy (non-hydrogen) atoms. The zero-order chi connectivity index (χ0) is 17.5. The van der Waals surface area contributed by atoms with Crippen LogP contribution in [0, 0.1) is 29.1 Å². The molecule has 10 heteroatoms. The first kappa shape index (κ1) is 22.4. The van der Waals surface area contributed by atoms with Crippen LogP contribution >= 0.6 is 0 Å². The molecule has 1 rings (SSSR count). The molecule has 0 radical (unpaired) electrons. The summed E-state index contributed by atoms with van der Waals surface area (Å²) in [6, 6.07) is 0. The summed E-state index contributed by atoms with van der Waals surface area (Å²) in [7, 11) is -4.51. The van der Waals surface area contributed by atoms with Crippen molar-refractivity contribution in [1.29, 1.82) is 0 Å². The molecular formula is C13H18F5LiN2Si2. The second-order valence-corrected chi connectivity index (χ2v) is 16.0. The molecule has 0 fully saturated rings. The number of nitrogens with zero attached hydrogens (tertiary/aromatic N) is 2. The van der Waals surface area contributed by atoms with Crippen LogP contribution < -0.4 is 18.9 Å². The maximum Gasteiger partial charge on any atom is 1.00 e. The van der Waals surface area contributed by atoms with Crippen molar-refractivity contribution in [3.05, 3.63) is 39.6 Å². The fraction of sp³-hybridized carbons (Fsp3) is 0.462. The van der Waals surface area contributed by atoms with Crippen molar-refractivity contribution in [2.45, 2.75) is 39.3 Å². The second-order valence-electron chi connectivity index (χ2n) is 6.83. The largest absolute Gasteiger partial charge is 1.00 e. The molecule has 2 nitrogen and oxygen atoms in total. The van der Waals surface area contributed by atoms with E-state index in [-0.39, 0.29) is 24.7 Å². The molecule has 0 heterocycles. The van der Waals surface area contributed by atoms with Crippen LogP contribution in [0.15, 0.2) is 4.66 Å². The summed E-state index contributed by atoms with van der Waals surface area (Å²) in [6.45, 7) is 10.7. The van der Waals surface area contributed by atoms with Crippen LogP contribution in [-0.4, -0.2) is 22.3 Å². The van der Waals surface area contributed by atoms with E-state index in [0.29, 0.717) is 0 Å². The van der Waals surface area contributed by atoms with Gasteiger partial charge in [0.15, 0.2) is 23.3 Å². The van der Waals surface area contributed by atoms with Crippen LogP contribution in [0.1, 0.15) is 5.56 Å². The molecule has 0 bridgehead atoms. The van der Waals surface area contributed by atoms with E-state index in [1.165, 1.54) is 0 Å². The van der Waals surface area contributed by atoms with E-state index in [9.17, 15) is 22.0 Å². The van der Waals surface area contributed by atoms with Gasteiger partial charge in [0.05, 0.1) is 5.56 Å². The summed E-state index contributed by atoms with van der Waals surface area (Å²) in [5, 5.41) is 0. The molecule has 124 valence electrons. The Morgan fingerprint density at radius 1 is 0.739 bits per heavy atom. The van der Waals surface area contributed by atoms with Crippen molar-refractivity contribution in [1.82, 2.24) is 0 Å². The van der Waals surface area contributed by atoms with E-state index >= 15 is 0 Å². The van der Waals surface area contributed by atoms with Crippen LogP contribution in [0.2, 0.25) is 39.3 Å². The number of amidine groups is 1. The van der Waals surface area contributed by atoms with Crippen LogP contribution in [0.3, 0.4) is 0 Å². The maximum absolute atomic E-state index is 14.0. The Morgan fingerprint density at radius 2 is 1.09 bits per heavy atom. The molecule has 0 saturated heterocycles. The molecule has 0 N–H and O–H groups in total. The quantitative estimate of drug-likeness (QED) is 0.197. The smallest absolute Gasteiger partial charge is 0.472 e. The third-order valence-corrected chi connectivity index (χ3v) is 4.08. The zero-order valence-corrected chi connectivity index (χ0v) is 16.3. The molecular weight excluding hydrogens is 342 g/mol. The summed E-state index contributed by atoms with van der Waals surface area (Å²) in [6.07, 6.45) is 0. The topological polar surface area (TPSA) is 26.5 Å². The molecule has 0 spiro atoms. The van der Waals surface area contributed by atoms with Gasteiger partial charge in [-0.15, -0.1) is 0 Å². The minimum absolute atomic E-state index is 0. The fourth-order valence-corrected chi connectivity index (χ4v) is 3.27. The normalized spacial score (nSPS) is 12.9. The van der Waals surface area contributed by atoms with Crippen molar-refractivity contribution in [3.63, 3.8) is 0 Å². The third-order valence-electron chi connectivity index (χ3n) is 2.32. The Hall–Kier alpha value is -0.629. The van der Waals surface area contributed by atoms with Crippen molar-refractivity contribution in [2.75, 3.05) is 0 Å². The number of benzene rings is 1. The number of hydrogen-bond acceptors (Lipinski definition) is 1. The first-order valence-corrected chi connectivity index (χ1v) is 13.5. The SMILES string of the molecule is C[Si](C)(C)/N=C(/[N-][Si](C)(C)C)c1c(F)c(F)c(F)c(F)c1F.[Li+]. The van der Waals surface area contributed by atoms with E-state index in [1.54, 1.807) is 39.3 Å². The summed E-state index contributed by atoms with van der Waals surface area (Å²) in [5.41, 5.74) is -1.04. The van der Waals surface area contributed by atoms with E-state index in [4.69, 9.17) is 0 Å². The van der Waals surface area contributed by atoms with Gasteiger partial charge in [0.1, 0.15) is 0 Å². The van der Waals surface area contributed by atoms with E-state index in [2.05, 4.69) is 9.64 Å². The van der Waals surface area contributed by atoms with Gasteiger partial charge in [-0.3, -0.25) is 0 Å². The molecule has 0 aliphatic heterocycles. The summed E-state index contributed by atoms with van der Waals surface area (Å²) < 4.78 is 72.1. The molecule has 1 aromatic carbocycles. The second kappa shape index (κ2) is 7.51. The van der Waals surface area contributed by atoms with Gasteiger partial charge in [-0.25, -0.2) is 22.0 Å². The first-order valence-electron chi connectivity index (χ1n) is 6.59. The van der Waals surface area contributed by atoms with Crippen LogP contribution in [-0.2, 0) is 0 Å². The van der Waals surface area contributed by atoms with Crippen molar-refractivity contribution in [3.8, 4) is 0 Å². The minimum atomic E-state index is -2.25. The van der Waals surface area contributed by atoms with E-state index in [1.807, 2.05) is 0 Å². The predicted octanol–water partition coefficient (Wildman–Crippen LogP) is 2.18. The molecule has 0 aliphatic carbocycles. The standard InChI is InChI=1S/C13H18F5N2Si2.Li/c1-21(2,3)19-13(20-22(4,5)6)7-8(14)10(16)12(18)11(17)9(7)15;/h1-6H3;/q-1;+1. The summed E-state index contributed by atoms with van der Waals surface area (Å²) in [4.78, 5) is 4.19. The van der Waals surface area contributed by atoms with E-state index < -0.39 is 51.1 Å². The van der Waals surface area contributed by atoms with Gasteiger partial charge in [0.25, 0.3) is 0 Å². The van der Waals surface area contributed by atoms with Gasteiger partial charge in [0.2, 0.25) is 5.82 Å². The number of rotatable bonds is 3. The monoisotopic (exact) mass is 360 g/mol. The number of hydrogen-bond donors (Lipinski definition) is 0. The maximum atomic E-state index is 14.0. The molecule has 0 aromatic heterocycles. The summed E-state index contributed by atoms with van der Waals surface area (Å²) >= 11 is 0. The fourth-order valence-electron chi connectivity index (χ4n) is 1.57. The molecule has 1 aromatic rings. The molecule has 0 amide bonds. The molecule has 0 aliphatic rings. The van der Waals surface area contributed by atoms with Crippen LogP contribution in [0.25, 0.3) is 4.98 Å². The zero-order valence-electron chi connectivity index (χ0n) is 14.3. The van der Waals surface area contributed by atoms with Gasteiger partial charge < -0.3 is 9.64 Å². The van der Waals surface area contributed by atoms with E-state index in [0.717, 1.165) is 0 Å². The average molecular weight is 360 g/mol.